The Bertz CT molecular complexity index is 1210. The van der Waals surface area contributed by atoms with Crippen LogP contribution in [0.3, 0.4) is 0 Å². The number of carbonyl (C=O) groups excluding carboxylic acids is 2. The summed E-state index contributed by atoms with van der Waals surface area (Å²) >= 11 is 0. The lowest BCUT2D eigenvalue weighted by atomic mass is 10.0. The Morgan fingerprint density at radius 1 is 0.500 bits per heavy atom. The first kappa shape index (κ1) is 20.5. The summed E-state index contributed by atoms with van der Waals surface area (Å²) in [5, 5.41) is 0. The topological polar surface area (TPSA) is 77.3 Å². The van der Waals surface area contributed by atoms with Crippen LogP contribution in [0.4, 0.5) is 11.4 Å². The number of para-hydroxylation sites is 2. The van der Waals surface area contributed by atoms with Crippen LogP contribution in [-0.2, 0) is 9.59 Å². The molecule has 0 radical (unpaired) electrons. The van der Waals surface area contributed by atoms with Crippen molar-refractivity contribution in [1.29, 1.82) is 0 Å². The van der Waals surface area contributed by atoms with Crippen LogP contribution in [0.5, 0.6) is 23.0 Å². The van der Waals surface area contributed by atoms with Gasteiger partial charge < -0.3 is 9.47 Å². The van der Waals surface area contributed by atoms with E-state index in [0.29, 0.717) is 34.4 Å². The summed E-state index contributed by atoms with van der Waals surface area (Å²) in [4.78, 5) is 28.0. The minimum atomic E-state index is 0.504. The quantitative estimate of drug-likeness (QED) is 0.241. The van der Waals surface area contributed by atoms with Gasteiger partial charge in [-0.2, -0.15) is 9.98 Å². The van der Waals surface area contributed by atoms with Gasteiger partial charge in [0, 0.05) is 11.1 Å². The van der Waals surface area contributed by atoms with Gasteiger partial charge in [-0.1, -0.05) is 36.4 Å². The molecule has 0 atom stereocenters. The molecule has 0 saturated heterocycles. The highest BCUT2D eigenvalue weighted by atomic mass is 16.5. The van der Waals surface area contributed by atoms with E-state index in [9.17, 15) is 9.59 Å². The van der Waals surface area contributed by atoms with E-state index in [1.807, 2.05) is 48.5 Å². The van der Waals surface area contributed by atoms with Crippen LogP contribution < -0.4 is 9.47 Å². The molecule has 4 aromatic carbocycles. The van der Waals surface area contributed by atoms with Crippen molar-refractivity contribution in [3.05, 3.63) is 97.1 Å². The molecule has 0 unspecified atom stereocenters. The van der Waals surface area contributed by atoms with Crippen molar-refractivity contribution in [2.45, 2.75) is 0 Å². The number of isocyanates is 2. The summed E-state index contributed by atoms with van der Waals surface area (Å²) < 4.78 is 12.2. The molecule has 32 heavy (non-hydrogen) atoms. The van der Waals surface area contributed by atoms with Crippen LogP contribution in [0, 0.1) is 0 Å². The van der Waals surface area contributed by atoms with E-state index in [2.05, 4.69) is 9.98 Å². The summed E-state index contributed by atoms with van der Waals surface area (Å²) in [6, 6.07) is 28.9. The molecule has 0 heterocycles. The molecule has 6 heteroatoms. The van der Waals surface area contributed by atoms with Gasteiger partial charge in [-0.3, -0.25) is 0 Å². The zero-order valence-electron chi connectivity index (χ0n) is 16.8. The highest BCUT2D eigenvalue weighted by Gasteiger charge is 2.13. The third kappa shape index (κ3) is 4.86. The molecule has 4 rings (SSSR count). The highest BCUT2D eigenvalue weighted by molar-refractivity contribution is 5.76. The number of ether oxygens (including phenoxy) is 2. The van der Waals surface area contributed by atoms with Gasteiger partial charge in [-0.05, 0) is 60.7 Å². The zero-order valence-corrected chi connectivity index (χ0v) is 16.8. The largest absolute Gasteiger partial charge is 0.457 e. The molecule has 0 aliphatic carbocycles. The zero-order chi connectivity index (χ0) is 22.2. The number of hydrogen-bond donors (Lipinski definition) is 0. The van der Waals surface area contributed by atoms with Crippen molar-refractivity contribution in [2.75, 3.05) is 0 Å². The number of hydrogen-bond acceptors (Lipinski definition) is 6. The number of benzene rings is 4. The average Bonchev–Trinajstić information content (AvgIpc) is 2.83. The van der Waals surface area contributed by atoms with E-state index in [1.54, 1.807) is 48.5 Å². The van der Waals surface area contributed by atoms with Crippen LogP contribution in [0.25, 0.3) is 11.1 Å². The third-order valence-corrected chi connectivity index (χ3v) is 4.54. The summed E-state index contributed by atoms with van der Waals surface area (Å²) in [7, 11) is 0. The Morgan fingerprint density at radius 3 is 1.25 bits per heavy atom. The SMILES string of the molecule is O=C=Nc1ccc(Oc2ccccc2-c2ccccc2Oc2ccc(N=C=O)cc2)cc1. The van der Waals surface area contributed by atoms with Crippen LogP contribution >= 0.6 is 0 Å². The van der Waals surface area contributed by atoms with Crippen molar-refractivity contribution >= 4 is 23.5 Å². The van der Waals surface area contributed by atoms with Crippen LogP contribution in [0.1, 0.15) is 0 Å². The van der Waals surface area contributed by atoms with Gasteiger partial charge in [-0.15, -0.1) is 0 Å². The third-order valence-electron chi connectivity index (χ3n) is 4.54. The lowest BCUT2D eigenvalue weighted by molar-refractivity contribution is 0.477. The summed E-state index contributed by atoms with van der Waals surface area (Å²) in [6.45, 7) is 0. The molecule has 0 aliphatic rings. The fourth-order valence-corrected chi connectivity index (χ4v) is 3.09. The second-order valence-corrected chi connectivity index (χ2v) is 6.59. The first-order valence-corrected chi connectivity index (χ1v) is 9.67. The number of aliphatic imine (C=N–C) groups is 2. The average molecular weight is 420 g/mol. The maximum atomic E-state index is 10.4. The van der Waals surface area contributed by atoms with E-state index in [1.165, 1.54) is 12.2 Å². The van der Waals surface area contributed by atoms with Gasteiger partial charge in [0.05, 0.1) is 11.4 Å². The molecule has 4 aromatic rings. The Balaban J connectivity index is 1.64. The highest BCUT2D eigenvalue weighted by Crippen LogP contribution is 2.40. The Hall–Kier alpha value is -4.76. The maximum absolute atomic E-state index is 10.4. The van der Waals surface area contributed by atoms with Gasteiger partial charge in [0.15, 0.2) is 0 Å². The molecular weight excluding hydrogens is 404 g/mol. The molecule has 0 aliphatic heterocycles. The van der Waals surface area contributed by atoms with Gasteiger partial charge in [0.2, 0.25) is 12.2 Å². The Morgan fingerprint density at radius 2 is 0.875 bits per heavy atom. The molecule has 6 nitrogen and oxygen atoms in total. The monoisotopic (exact) mass is 420 g/mol. The van der Waals surface area contributed by atoms with Crippen molar-refractivity contribution < 1.29 is 19.1 Å². The smallest absolute Gasteiger partial charge is 0.240 e. The van der Waals surface area contributed by atoms with Gasteiger partial charge in [0.25, 0.3) is 0 Å². The summed E-state index contributed by atoms with van der Waals surface area (Å²) in [6.07, 6.45) is 3.03. The van der Waals surface area contributed by atoms with Crippen molar-refractivity contribution in [1.82, 2.24) is 0 Å². The Kier molecular flexibility index (Phi) is 6.30. The normalized spacial score (nSPS) is 9.88. The minimum absolute atomic E-state index is 0.504. The molecule has 0 N–H and O–H groups in total. The molecule has 154 valence electrons. The van der Waals surface area contributed by atoms with Gasteiger partial charge in [0.1, 0.15) is 23.0 Å². The number of nitrogens with zero attached hydrogens (tertiary/aromatic N) is 2. The fraction of sp³-hybridized carbons (Fsp3) is 0. The summed E-state index contributed by atoms with van der Waals surface area (Å²) in [5.74, 6) is 2.50. The van der Waals surface area contributed by atoms with Crippen molar-refractivity contribution in [3.8, 4) is 34.1 Å². The molecule has 0 spiro atoms. The standard InChI is InChI=1S/C26H16N2O4/c29-17-27-19-9-13-21(14-10-19)31-25-7-3-1-5-23(25)24-6-2-4-8-26(24)32-22-15-11-20(12-16-22)28-18-30/h1-16H. The minimum Gasteiger partial charge on any atom is -0.457 e. The first-order valence-electron chi connectivity index (χ1n) is 9.67. The van der Waals surface area contributed by atoms with E-state index >= 15 is 0 Å². The van der Waals surface area contributed by atoms with Crippen molar-refractivity contribution in [2.24, 2.45) is 9.98 Å². The molecule has 0 fully saturated rings. The van der Waals surface area contributed by atoms with Crippen LogP contribution in [-0.4, -0.2) is 12.2 Å². The molecule has 0 bridgehead atoms. The summed E-state index contributed by atoms with van der Waals surface area (Å²) in [5.41, 5.74) is 2.70. The van der Waals surface area contributed by atoms with Crippen molar-refractivity contribution in [3.63, 3.8) is 0 Å². The van der Waals surface area contributed by atoms with E-state index in [0.717, 1.165) is 11.1 Å². The van der Waals surface area contributed by atoms with Gasteiger partial charge >= 0.3 is 0 Å². The lowest BCUT2D eigenvalue weighted by Crippen LogP contribution is -1.91. The predicted molar refractivity (Wildman–Crippen MR) is 120 cm³/mol. The number of rotatable bonds is 7. The van der Waals surface area contributed by atoms with E-state index < -0.39 is 0 Å². The molecular formula is C26H16N2O4. The van der Waals surface area contributed by atoms with Crippen LogP contribution in [0.2, 0.25) is 0 Å². The van der Waals surface area contributed by atoms with E-state index in [-0.39, 0.29) is 0 Å². The van der Waals surface area contributed by atoms with Crippen LogP contribution in [0.15, 0.2) is 107 Å². The first-order chi connectivity index (χ1) is 15.8. The van der Waals surface area contributed by atoms with E-state index in [4.69, 9.17) is 9.47 Å². The second-order valence-electron chi connectivity index (χ2n) is 6.59. The van der Waals surface area contributed by atoms with Gasteiger partial charge in [-0.25, -0.2) is 9.59 Å². The lowest BCUT2D eigenvalue weighted by Gasteiger charge is -2.15. The second kappa shape index (κ2) is 9.83. The fourth-order valence-electron chi connectivity index (χ4n) is 3.09. The molecule has 0 amide bonds. The molecule has 0 aromatic heterocycles. The predicted octanol–water partition coefficient (Wildman–Crippen LogP) is 6.87. The Labute approximate surface area is 184 Å². The molecule has 0 saturated carbocycles. The maximum Gasteiger partial charge on any atom is 0.240 e.